The fourth-order valence-corrected chi connectivity index (χ4v) is 7.19. The number of benzene rings is 1. The molecule has 1 aromatic carbocycles. The Labute approximate surface area is 231 Å². The van der Waals surface area contributed by atoms with E-state index in [1.54, 1.807) is 51.1 Å². The van der Waals surface area contributed by atoms with Crippen LogP contribution < -0.4 is 10.6 Å². The average Bonchev–Trinajstić information content (AvgIpc) is 3.28. The highest BCUT2D eigenvalue weighted by Crippen LogP contribution is 2.42. The van der Waals surface area contributed by atoms with Crippen LogP contribution in [0.5, 0.6) is 0 Å². The number of fused-ring (bicyclic) bond motifs is 1. The van der Waals surface area contributed by atoms with E-state index < -0.39 is 46.9 Å². The Morgan fingerprint density at radius 3 is 2.55 bits per heavy atom. The zero-order chi connectivity index (χ0) is 27.6. The normalized spacial score (nSPS) is 19.8. The van der Waals surface area contributed by atoms with E-state index >= 15 is 0 Å². The third kappa shape index (κ3) is 6.30. The molecule has 2 aromatic rings. The molecule has 0 bridgehead atoms. The molecular weight excluding hydrogens is 550 g/mol. The minimum absolute atomic E-state index is 0.0653. The Balaban J connectivity index is 1.48. The van der Waals surface area contributed by atoms with E-state index in [0.29, 0.717) is 22.6 Å². The van der Waals surface area contributed by atoms with E-state index in [-0.39, 0.29) is 5.70 Å². The van der Waals surface area contributed by atoms with Crippen LogP contribution in [0.25, 0.3) is 0 Å². The predicted molar refractivity (Wildman–Crippen MR) is 144 cm³/mol. The average molecular weight is 578 g/mol. The van der Waals surface area contributed by atoms with Gasteiger partial charge in [-0.15, -0.1) is 22.0 Å². The van der Waals surface area contributed by atoms with E-state index in [1.165, 1.54) is 39.8 Å². The molecule has 2 unspecified atom stereocenters. The molecule has 2 aliphatic heterocycles. The lowest BCUT2D eigenvalue weighted by Gasteiger charge is -2.49. The number of carboxylic acids is 1. The third-order valence-electron chi connectivity index (χ3n) is 5.48. The van der Waals surface area contributed by atoms with Crippen LogP contribution in [0, 0.1) is 6.92 Å². The van der Waals surface area contributed by atoms with Gasteiger partial charge in [-0.2, -0.15) is 0 Å². The molecule has 3 atom stereocenters. The van der Waals surface area contributed by atoms with Crippen molar-refractivity contribution in [1.82, 2.24) is 25.7 Å². The fraction of sp³-hybridized carbons (Fsp3) is 0.417. The number of carbonyl (C=O) groups excluding carboxylic acids is 3. The number of β-lactam (4-membered cyclic amide) rings is 1. The number of aliphatic carboxylic acids is 1. The number of carbonyl (C=O) groups is 4. The van der Waals surface area contributed by atoms with E-state index in [2.05, 4.69) is 20.8 Å². The number of alkyl carbamates (subject to hydrolysis) is 1. The Hall–Kier alpha value is -3.10. The van der Waals surface area contributed by atoms with E-state index in [0.717, 1.165) is 9.35 Å². The quantitative estimate of drug-likeness (QED) is 0.316. The van der Waals surface area contributed by atoms with Crippen LogP contribution in [0.15, 0.2) is 45.9 Å². The number of aromatic nitrogens is 2. The first-order valence-electron chi connectivity index (χ1n) is 11.6. The summed E-state index contributed by atoms with van der Waals surface area (Å²) in [6.45, 7) is 6.97. The Morgan fingerprint density at radius 1 is 1.24 bits per heavy atom. The number of carboxylic acid groups (broad SMARTS) is 1. The lowest BCUT2D eigenvalue weighted by atomic mass is 10.0. The van der Waals surface area contributed by atoms with Gasteiger partial charge in [-0.25, -0.2) is 9.59 Å². The van der Waals surface area contributed by atoms with Crippen LogP contribution in [0.4, 0.5) is 4.79 Å². The molecule has 3 heterocycles. The van der Waals surface area contributed by atoms with Crippen molar-refractivity contribution in [2.45, 2.75) is 55.1 Å². The monoisotopic (exact) mass is 577 g/mol. The number of amides is 3. The van der Waals surface area contributed by atoms with Gasteiger partial charge in [-0.1, -0.05) is 53.4 Å². The minimum Gasteiger partial charge on any atom is -0.477 e. The number of aryl methyl sites for hydroxylation is 1. The maximum Gasteiger partial charge on any atom is 0.408 e. The maximum atomic E-state index is 13.3. The molecule has 14 heteroatoms. The summed E-state index contributed by atoms with van der Waals surface area (Å²) in [5.74, 6) is -1.59. The van der Waals surface area contributed by atoms with Crippen molar-refractivity contribution in [2.24, 2.45) is 0 Å². The molecule has 0 saturated carbocycles. The second-order valence-corrected chi connectivity index (χ2v) is 13.0. The summed E-state index contributed by atoms with van der Waals surface area (Å²) < 4.78 is 6.03. The summed E-state index contributed by atoms with van der Waals surface area (Å²) in [6.07, 6.45) is -0.779. The zero-order valence-electron chi connectivity index (χ0n) is 21.1. The molecule has 4 rings (SSSR count). The summed E-state index contributed by atoms with van der Waals surface area (Å²) >= 11 is 4.16. The Bertz CT molecular complexity index is 1280. The van der Waals surface area contributed by atoms with Crippen molar-refractivity contribution in [2.75, 3.05) is 11.5 Å². The first kappa shape index (κ1) is 27.9. The molecular formula is C24H27N5O6S3. The molecule has 3 amide bonds. The van der Waals surface area contributed by atoms with Gasteiger partial charge in [0.15, 0.2) is 4.34 Å². The molecule has 0 radical (unpaired) electrons. The van der Waals surface area contributed by atoms with Crippen molar-refractivity contribution in [3.63, 3.8) is 0 Å². The molecule has 1 fully saturated rings. The zero-order valence-corrected chi connectivity index (χ0v) is 23.5. The molecule has 1 saturated heterocycles. The molecule has 3 N–H and O–H groups in total. The van der Waals surface area contributed by atoms with Crippen molar-refractivity contribution in [3.8, 4) is 0 Å². The molecule has 38 heavy (non-hydrogen) atoms. The van der Waals surface area contributed by atoms with Crippen LogP contribution in [0.3, 0.4) is 0 Å². The highest BCUT2D eigenvalue weighted by atomic mass is 32.2. The van der Waals surface area contributed by atoms with Crippen LogP contribution in [-0.2, 0) is 19.1 Å². The first-order chi connectivity index (χ1) is 17.9. The molecule has 0 spiro atoms. The van der Waals surface area contributed by atoms with Gasteiger partial charge in [-0.05, 0) is 38.8 Å². The topological polar surface area (TPSA) is 151 Å². The van der Waals surface area contributed by atoms with Gasteiger partial charge in [-0.3, -0.25) is 14.5 Å². The second-order valence-electron chi connectivity index (χ2n) is 9.52. The Kier molecular flexibility index (Phi) is 8.33. The summed E-state index contributed by atoms with van der Waals surface area (Å²) in [4.78, 5) is 52.2. The highest BCUT2D eigenvalue weighted by Gasteiger charge is 2.54. The number of nitrogens with one attached hydrogen (secondary N) is 2. The number of ether oxygens (including phenoxy) is 1. The standard InChI is InChI=1S/C24H27N5O6S3/c1-12-27-28-23(38-12)37-11-14-10-36-20-16(19(31)29(20)17(14)21(32)33)25-18(30)15(13-8-6-5-7-9-13)26-22(34)35-24(2,3)4/h5-9,15-16,20H,10-11H2,1-4H3,(H,25,30)(H,26,34)(H,32,33)/t15?,16?,20-/m0/s1. The van der Waals surface area contributed by atoms with Crippen LogP contribution in [0.1, 0.15) is 37.4 Å². The minimum atomic E-state index is -1.20. The van der Waals surface area contributed by atoms with Gasteiger partial charge >= 0.3 is 12.1 Å². The molecule has 202 valence electrons. The number of nitrogens with zero attached hydrogens (tertiary/aromatic N) is 3. The number of hydrogen-bond donors (Lipinski definition) is 3. The van der Waals surface area contributed by atoms with Gasteiger partial charge in [0.1, 0.15) is 33.8 Å². The van der Waals surface area contributed by atoms with E-state index in [9.17, 15) is 24.3 Å². The van der Waals surface area contributed by atoms with Crippen molar-refractivity contribution in [1.29, 1.82) is 0 Å². The van der Waals surface area contributed by atoms with Gasteiger partial charge < -0.3 is 20.5 Å². The Morgan fingerprint density at radius 2 is 1.95 bits per heavy atom. The lowest BCUT2D eigenvalue weighted by Crippen LogP contribution is -2.71. The molecule has 0 aliphatic carbocycles. The number of hydrogen-bond acceptors (Lipinski definition) is 10. The van der Waals surface area contributed by atoms with Crippen molar-refractivity contribution >= 4 is 58.7 Å². The van der Waals surface area contributed by atoms with Gasteiger partial charge in [0.25, 0.3) is 5.91 Å². The van der Waals surface area contributed by atoms with Crippen molar-refractivity contribution < 1.29 is 29.0 Å². The fourth-order valence-electron chi connectivity index (χ4n) is 3.89. The predicted octanol–water partition coefficient (Wildman–Crippen LogP) is 2.94. The van der Waals surface area contributed by atoms with Crippen LogP contribution in [0.2, 0.25) is 0 Å². The largest absolute Gasteiger partial charge is 0.477 e. The van der Waals surface area contributed by atoms with Crippen LogP contribution >= 0.6 is 34.9 Å². The second kappa shape index (κ2) is 11.3. The number of thioether (sulfide) groups is 2. The lowest BCUT2D eigenvalue weighted by molar-refractivity contribution is -0.151. The highest BCUT2D eigenvalue weighted by molar-refractivity contribution is 8.01. The summed E-state index contributed by atoms with van der Waals surface area (Å²) in [5.41, 5.74) is 0.274. The molecule has 1 aromatic heterocycles. The molecule has 2 aliphatic rings. The van der Waals surface area contributed by atoms with Gasteiger partial charge in [0.2, 0.25) is 5.91 Å². The molecule has 11 nitrogen and oxygen atoms in total. The SMILES string of the molecule is Cc1nnc(SCC2=C(C(=O)O)N3C(=O)C(NC(=O)C(NC(=O)OC(C)(C)C)c4ccccc4)[C@@H]3SC2)s1. The van der Waals surface area contributed by atoms with Crippen LogP contribution in [-0.4, -0.2) is 72.6 Å². The summed E-state index contributed by atoms with van der Waals surface area (Å²) in [6, 6.07) is 6.55. The van der Waals surface area contributed by atoms with Gasteiger partial charge in [0, 0.05) is 11.5 Å². The van der Waals surface area contributed by atoms with Crippen molar-refractivity contribution in [3.05, 3.63) is 52.2 Å². The summed E-state index contributed by atoms with van der Waals surface area (Å²) in [5, 5.41) is 23.4. The first-order valence-corrected chi connectivity index (χ1v) is 14.5. The van der Waals surface area contributed by atoms with Gasteiger partial charge in [0.05, 0.1) is 0 Å². The third-order valence-corrected chi connectivity index (χ3v) is 8.88. The maximum absolute atomic E-state index is 13.3. The van der Waals surface area contributed by atoms with E-state index in [4.69, 9.17) is 4.74 Å². The number of rotatable bonds is 8. The van der Waals surface area contributed by atoms with E-state index in [1.807, 2.05) is 6.92 Å². The smallest absolute Gasteiger partial charge is 0.408 e. The summed E-state index contributed by atoms with van der Waals surface area (Å²) in [7, 11) is 0.